The molecule has 0 saturated carbocycles. The first-order chi connectivity index (χ1) is 7.29. The van der Waals surface area contributed by atoms with Crippen molar-refractivity contribution in [3.8, 4) is 0 Å². The molecule has 1 aromatic carbocycles. The second kappa shape index (κ2) is 2.94. The van der Waals surface area contributed by atoms with Gasteiger partial charge in [-0.3, -0.25) is 0 Å². The summed E-state index contributed by atoms with van der Waals surface area (Å²) in [6.07, 6.45) is 4.44. The van der Waals surface area contributed by atoms with Crippen LogP contribution in [-0.2, 0) is 9.47 Å². The number of fused-ring (bicyclic) bond motifs is 3. The predicted octanol–water partition coefficient (Wildman–Crippen LogP) is 1.94. The molecule has 3 nitrogen and oxygen atoms in total. The zero-order valence-electron chi connectivity index (χ0n) is 8.27. The van der Waals surface area contributed by atoms with Gasteiger partial charge in [0.05, 0.1) is 12.7 Å². The van der Waals surface area contributed by atoms with Crippen molar-refractivity contribution < 1.29 is 14.3 Å². The molecule has 76 valence electrons. The molecule has 0 radical (unpaired) electrons. The Morgan fingerprint density at radius 1 is 1.47 bits per heavy atom. The maximum Gasteiger partial charge on any atom is 0.337 e. The third-order valence-corrected chi connectivity index (χ3v) is 2.81. The molecule has 1 aliphatic heterocycles. The van der Waals surface area contributed by atoms with Gasteiger partial charge in [0.25, 0.3) is 0 Å². The summed E-state index contributed by atoms with van der Waals surface area (Å²) in [6, 6.07) is 5.56. The highest BCUT2D eigenvalue weighted by atomic mass is 16.6. The third kappa shape index (κ3) is 1.27. The van der Waals surface area contributed by atoms with Gasteiger partial charge in [0, 0.05) is 0 Å². The van der Waals surface area contributed by atoms with E-state index >= 15 is 0 Å². The molecule has 0 aromatic heterocycles. The van der Waals surface area contributed by atoms with Crippen LogP contribution >= 0.6 is 0 Å². The maximum absolute atomic E-state index is 11.3. The van der Waals surface area contributed by atoms with Gasteiger partial charge in [-0.05, 0) is 23.3 Å². The lowest BCUT2D eigenvalue weighted by atomic mass is 9.95. The summed E-state index contributed by atoms with van der Waals surface area (Å²) >= 11 is 0. The van der Waals surface area contributed by atoms with Gasteiger partial charge in [-0.15, -0.1) is 0 Å². The average molecular weight is 202 g/mol. The van der Waals surface area contributed by atoms with Crippen molar-refractivity contribution in [2.24, 2.45) is 0 Å². The summed E-state index contributed by atoms with van der Waals surface area (Å²) in [4.78, 5) is 11.3. The summed E-state index contributed by atoms with van der Waals surface area (Å²) < 4.78 is 10.1. The molecule has 2 aliphatic rings. The fourth-order valence-corrected chi connectivity index (χ4v) is 1.94. The van der Waals surface area contributed by atoms with Crippen LogP contribution in [0.5, 0.6) is 0 Å². The van der Waals surface area contributed by atoms with E-state index in [-0.39, 0.29) is 18.2 Å². The Balaban J connectivity index is 2.06. The SMILES string of the molecule is COC(=O)c1ccc2c(c1)C1OC1C=C2. The average Bonchev–Trinajstić information content (AvgIpc) is 3.06. The number of ether oxygens (including phenoxy) is 2. The highest BCUT2D eigenvalue weighted by Crippen LogP contribution is 2.45. The molecule has 2 atom stereocenters. The standard InChI is InChI=1S/C12H10O3/c1-14-12(13)8-3-2-7-4-5-10-11(15-10)9(7)6-8/h2-6,10-11H,1H3. The second-order valence-electron chi connectivity index (χ2n) is 3.72. The zero-order valence-corrected chi connectivity index (χ0v) is 8.27. The fourth-order valence-electron chi connectivity index (χ4n) is 1.94. The molecule has 0 amide bonds. The van der Waals surface area contributed by atoms with Gasteiger partial charge in [0.2, 0.25) is 0 Å². The van der Waals surface area contributed by atoms with Gasteiger partial charge in [-0.1, -0.05) is 18.2 Å². The molecule has 1 saturated heterocycles. The van der Waals surface area contributed by atoms with E-state index in [1.54, 1.807) is 6.07 Å². The van der Waals surface area contributed by atoms with E-state index in [0.29, 0.717) is 5.56 Å². The number of carbonyl (C=O) groups excluding carboxylic acids is 1. The van der Waals surface area contributed by atoms with E-state index in [1.165, 1.54) is 7.11 Å². The summed E-state index contributed by atoms with van der Waals surface area (Å²) in [5, 5.41) is 0. The Kier molecular flexibility index (Phi) is 1.70. The highest BCUT2D eigenvalue weighted by molar-refractivity contribution is 5.90. The van der Waals surface area contributed by atoms with Crippen LogP contribution in [0.3, 0.4) is 0 Å². The molecule has 1 aromatic rings. The summed E-state index contributed by atoms with van der Waals surface area (Å²) in [5.41, 5.74) is 2.80. The number of carbonyl (C=O) groups is 1. The van der Waals surface area contributed by atoms with Crippen LogP contribution in [0.25, 0.3) is 6.08 Å². The number of esters is 1. The molecule has 1 aliphatic carbocycles. The lowest BCUT2D eigenvalue weighted by Gasteiger charge is -2.08. The fraction of sp³-hybridized carbons (Fsp3) is 0.250. The predicted molar refractivity (Wildman–Crippen MR) is 54.4 cm³/mol. The van der Waals surface area contributed by atoms with Crippen molar-refractivity contribution in [1.29, 1.82) is 0 Å². The zero-order chi connectivity index (χ0) is 10.4. The Morgan fingerprint density at radius 3 is 3.13 bits per heavy atom. The Labute approximate surface area is 87.3 Å². The molecule has 3 rings (SSSR count). The molecule has 15 heavy (non-hydrogen) atoms. The number of rotatable bonds is 1. The van der Waals surface area contributed by atoms with Crippen LogP contribution in [0.1, 0.15) is 27.6 Å². The van der Waals surface area contributed by atoms with Crippen LogP contribution < -0.4 is 0 Å². The van der Waals surface area contributed by atoms with Crippen molar-refractivity contribution in [3.63, 3.8) is 0 Å². The van der Waals surface area contributed by atoms with Crippen molar-refractivity contribution in [1.82, 2.24) is 0 Å². The minimum absolute atomic E-state index is 0.148. The largest absolute Gasteiger partial charge is 0.465 e. The third-order valence-electron chi connectivity index (χ3n) is 2.81. The van der Waals surface area contributed by atoms with E-state index in [4.69, 9.17) is 4.74 Å². The molecular weight excluding hydrogens is 192 g/mol. The summed E-state index contributed by atoms with van der Waals surface area (Å²) in [7, 11) is 1.39. The quantitative estimate of drug-likeness (QED) is 0.516. The molecule has 0 bridgehead atoms. The Morgan fingerprint density at radius 2 is 2.33 bits per heavy atom. The van der Waals surface area contributed by atoms with Crippen LogP contribution in [0.2, 0.25) is 0 Å². The minimum Gasteiger partial charge on any atom is -0.465 e. The first kappa shape index (κ1) is 8.68. The summed E-state index contributed by atoms with van der Waals surface area (Å²) in [6.45, 7) is 0. The number of epoxide rings is 1. The van der Waals surface area contributed by atoms with E-state index < -0.39 is 0 Å². The van der Waals surface area contributed by atoms with E-state index in [2.05, 4.69) is 4.74 Å². The molecule has 2 unspecified atom stereocenters. The number of hydrogen-bond acceptors (Lipinski definition) is 3. The van der Waals surface area contributed by atoms with Gasteiger partial charge in [0.15, 0.2) is 0 Å². The van der Waals surface area contributed by atoms with Crippen molar-refractivity contribution >= 4 is 12.0 Å². The molecule has 0 N–H and O–H groups in total. The number of methoxy groups -OCH3 is 1. The first-order valence-corrected chi connectivity index (χ1v) is 4.85. The van der Waals surface area contributed by atoms with E-state index in [9.17, 15) is 4.79 Å². The van der Waals surface area contributed by atoms with Gasteiger partial charge in [0.1, 0.15) is 12.2 Å². The highest BCUT2D eigenvalue weighted by Gasteiger charge is 2.41. The minimum atomic E-state index is -0.301. The van der Waals surface area contributed by atoms with Crippen LogP contribution in [0.15, 0.2) is 24.3 Å². The van der Waals surface area contributed by atoms with Crippen LogP contribution in [0.4, 0.5) is 0 Å². The Bertz CT molecular complexity index is 462. The molecular formula is C12H10O3. The van der Waals surface area contributed by atoms with Gasteiger partial charge in [-0.2, -0.15) is 0 Å². The topological polar surface area (TPSA) is 38.8 Å². The molecule has 0 spiro atoms. The van der Waals surface area contributed by atoms with E-state index in [1.807, 2.05) is 24.3 Å². The normalized spacial score (nSPS) is 25.4. The number of hydrogen-bond donors (Lipinski definition) is 0. The lowest BCUT2D eigenvalue weighted by Crippen LogP contribution is -2.04. The monoisotopic (exact) mass is 202 g/mol. The first-order valence-electron chi connectivity index (χ1n) is 4.85. The van der Waals surface area contributed by atoms with Gasteiger partial charge < -0.3 is 9.47 Å². The molecule has 1 heterocycles. The van der Waals surface area contributed by atoms with Crippen molar-refractivity contribution in [2.75, 3.05) is 7.11 Å². The molecule has 1 fully saturated rings. The maximum atomic E-state index is 11.3. The molecule has 3 heteroatoms. The number of benzene rings is 1. The van der Waals surface area contributed by atoms with E-state index in [0.717, 1.165) is 11.1 Å². The van der Waals surface area contributed by atoms with Gasteiger partial charge >= 0.3 is 5.97 Å². The van der Waals surface area contributed by atoms with Gasteiger partial charge in [-0.25, -0.2) is 4.79 Å². The van der Waals surface area contributed by atoms with Crippen LogP contribution in [-0.4, -0.2) is 19.2 Å². The summed E-state index contributed by atoms with van der Waals surface area (Å²) in [5.74, 6) is -0.301. The van der Waals surface area contributed by atoms with Crippen LogP contribution in [0, 0.1) is 0 Å². The smallest absolute Gasteiger partial charge is 0.337 e. The lowest BCUT2D eigenvalue weighted by molar-refractivity contribution is 0.0600. The Hall–Kier alpha value is -1.61. The van der Waals surface area contributed by atoms with Crippen molar-refractivity contribution in [3.05, 3.63) is 41.0 Å². The second-order valence-corrected chi connectivity index (χ2v) is 3.72. The van der Waals surface area contributed by atoms with Crippen molar-refractivity contribution in [2.45, 2.75) is 12.2 Å².